The van der Waals surface area contributed by atoms with Crippen LogP contribution in [0.4, 0.5) is 22.7 Å². The Kier molecular flexibility index (Phi) is 14.7. The zero-order valence-corrected chi connectivity index (χ0v) is 39.8. The second kappa shape index (κ2) is 22.3. The Morgan fingerprint density at radius 3 is 2.04 bits per heavy atom. The van der Waals surface area contributed by atoms with Gasteiger partial charge in [0.05, 0.1) is 35.1 Å². The summed E-state index contributed by atoms with van der Waals surface area (Å²) < 4.78 is 0. The maximum absolute atomic E-state index is 4.67. The summed E-state index contributed by atoms with van der Waals surface area (Å²) in [4.78, 5) is 7.88. The highest BCUT2D eigenvalue weighted by molar-refractivity contribution is 5.99. The van der Waals surface area contributed by atoms with Gasteiger partial charge >= 0.3 is 0 Å². The van der Waals surface area contributed by atoms with Crippen LogP contribution in [-0.4, -0.2) is 30.0 Å². The van der Waals surface area contributed by atoms with Crippen LogP contribution in [0.25, 0.3) is 39.9 Å². The van der Waals surface area contributed by atoms with Gasteiger partial charge in [0.25, 0.3) is 0 Å². The van der Waals surface area contributed by atoms with Gasteiger partial charge in [0.2, 0.25) is 0 Å². The van der Waals surface area contributed by atoms with Crippen molar-refractivity contribution in [2.45, 2.75) is 39.5 Å². The highest BCUT2D eigenvalue weighted by Gasteiger charge is 2.17. The average Bonchev–Trinajstić information content (AvgIpc) is 4.11. The molecule has 2 heterocycles. The second-order valence-corrected chi connectivity index (χ2v) is 17.0. The SMILES string of the molecule is C=C/C=C\c1cnn(-c2ccc(N(c3ccc(C4=CC=C(/C(C)=C/C=C(\C)N(/C=C/C=C\c5ccccc5)c5ccc(-n6ncc(CCC=C)n6)cc5)CC4)cc3)c3cccc4ccccc34)cc2)n1. The molecule has 1 aliphatic rings. The molecule has 0 fully saturated rings. The molecule has 0 saturated heterocycles. The summed E-state index contributed by atoms with van der Waals surface area (Å²) in [5.74, 6) is 0. The minimum absolute atomic E-state index is 0.771. The van der Waals surface area contributed by atoms with Crippen molar-refractivity contribution in [2.75, 3.05) is 9.80 Å². The van der Waals surface area contributed by atoms with Crippen LogP contribution < -0.4 is 9.80 Å². The van der Waals surface area contributed by atoms with E-state index in [4.69, 9.17) is 0 Å². The van der Waals surface area contributed by atoms with Gasteiger partial charge in [-0.15, -0.1) is 11.7 Å². The number of aryl methyl sites for hydroxylation is 1. The molecule has 0 bridgehead atoms. The predicted molar refractivity (Wildman–Crippen MR) is 293 cm³/mol. The smallest absolute Gasteiger partial charge is 0.106 e. The van der Waals surface area contributed by atoms with E-state index in [1.165, 1.54) is 33.1 Å². The molecule has 0 unspecified atom stereocenters. The molecule has 0 radical (unpaired) electrons. The van der Waals surface area contributed by atoms with Gasteiger partial charge in [0, 0.05) is 34.3 Å². The fourth-order valence-corrected chi connectivity index (χ4v) is 8.48. The Morgan fingerprint density at radius 2 is 1.31 bits per heavy atom. The molecule has 8 nitrogen and oxygen atoms in total. The largest absolute Gasteiger partial charge is 0.321 e. The Hall–Kier alpha value is -8.88. The highest BCUT2D eigenvalue weighted by atomic mass is 15.5. The lowest BCUT2D eigenvalue weighted by Gasteiger charge is -2.27. The molecule has 0 spiro atoms. The van der Waals surface area contributed by atoms with Crippen LogP contribution in [0.2, 0.25) is 0 Å². The minimum Gasteiger partial charge on any atom is -0.321 e. The van der Waals surface area contributed by atoms with Crippen molar-refractivity contribution >= 4 is 51.2 Å². The third-order valence-corrected chi connectivity index (χ3v) is 12.3. The van der Waals surface area contributed by atoms with Crippen LogP contribution in [0, 0.1) is 0 Å². The number of hydrogen-bond donors (Lipinski definition) is 0. The summed E-state index contributed by atoms with van der Waals surface area (Å²) in [6.45, 7) is 11.9. The molecule has 0 amide bonds. The van der Waals surface area contributed by atoms with Crippen molar-refractivity contribution in [3.05, 3.63) is 271 Å². The number of aromatic nitrogens is 6. The van der Waals surface area contributed by atoms with Crippen molar-refractivity contribution in [2.24, 2.45) is 0 Å². The quantitative estimate of drug-likeness (QED) is 0.0631. The topological polar surface area (TPSA) is 67.9 Å². The van der Waals surface area contributed by atoms with Crippen LogP contribution in [0.15, 0.2) is 249 Å². The fraction of sp³-hybridized carbons (Fsp3) is 0.0968. The summed E-state index contributed by atoms with van der Waals surface area (Å²) in [7, 11) is 0. The molecule has 2 aromatic heterocycles. The molecule has 6 aromatic carbocycles. The Bertz CT molecular complexity index is 3300. The lowest BCUT2D eigenvalue weighted by atomic mass is 9.90. The molecule has 0 N–H and O–H groups in total. The van der Waals surface area contributed by atoms with Crippen molar-refractivity contribution in [1.29, 1.82) is 0 Å². The number of fused-ring (bicyclic) bond motifs is 1. The Morgan fingerprint density at radius 1 is 0.629 bits per heavy atom. The molecule has 0 atom stereocenters. The zero-order chi connectivity index (χ0) is 48.1. The van der Waals surface area contributed by atoms with Gasteiger partial charge in [-0.3, -0.25) is 0 Å². The van der Waals surface area contributed by atoms with Crippen molar-refractivity contribution < 1.29 is 0 Å². The van der Waals surface area contributed by atoms with Crippen molar-refractivity contribution in [3.8, 4) is 11.4 Å². The summed E-state index contributed by atoms with van der Waals surface area (Å²) in [5, 5.41) is 20.6. The maximum Gasteiger partial charge on any atom is 0.106 e. The molecular weight excluding hydrogens is 857 g/mol. The standard InChI is InChI=1S/C62H56N8/c1-5-7-22-54-45-63-69(65-54)59-40-36-56(37-41-59)67(44-15-14-19-49-17-10-9-11-18-49)48(4)27-26-47(3)50-28-30-51(31-29-50)52-32-34-57(35-33-52)68(62-25-16-21-53-20-12-13-24-61(53)62)58-38-42-60(43-39-58)70-64-46-55(66-70)23-8-6-2/h5-6,8-21,23-28,30,32-46H,1-2,7,22,29,31H2,3-4H3/b19-14-,23-8-,44-15+,47-26+,48-27+. The summed E-state index contributed by atoms with van der Waals surface area (Å²) in [6.07, 6.45) is 32.0. The number of benzene rings is 6. The van der Waals surface area contributed by atoms with E-state index in [2.05, 4.69) is 245 Å². The highest BCUT2D eigenvalue weighted by Crippen LogP contribution is 2.40. The van der Waals surface area contributed by atoms with Crippen LogP contribution in [-0.2, 0) is 6.42 Å². The van der Waals surface area contributed by atoms with Crippen LogP contribution >= 0.6 is 0 Å². The van der Waals surface area contributed by atoms with E-state index in [0.29, 0.717) is 0 Å². The van der Waals surface area contributed by atoms with Gasteiger partial charge in [-0.25, -0.2) is 0 Å². The molecule has 9 rings (SSSR count). The number of anilines is 4. The Balaban J connectivity index is 0.940. The Labute approximate surface area is 411 Å². The molecule has 70 heavy (non-hydrogen) atoms. The number of nitrogens with zero attached hydrogens (tertiary/aromatic N) is 8. The first-order valence-corrected chi connectivity index (χ1v) is 23.7. The molecule has 1 aliphatic carbocycles. The van der Waals surface area contributed by atoms with Crippen molar-refractivity contribution in [1.82, 2.24) is 30.0 Å². The number of allylic oxidation sites excluding steroid dienone is 13. The molecular formula is C62H56N8. The van der Waals surface area contributed by atoms with E-state index in [1.54, 1.807) is 21.9 Å². The van der Waals surface area contributed by atoms with Gasteiger partial charge < -0.3 is 9.80 Å². The molecule has 0 saturated carbocycles. The first-order valence-electron chi connectivity index (χ1n) is 23.7. The van der Waals surface area contributed by atoms with E-state index >= 15 is 0 Å². The molecule has 8 heteroatoms. The maximum atomic E-state index is 4.67. The van der Waals surface area contributed by atoms with Crippen LogP contribution in [0.3, 0.4) is 0 Å². The summed E-state index contributed by atoms with van der Waals surface area (Å²) >= 11 is 0. The van der Waals surface area contributed by atoms with Gasteiger partial charge in [-0.2, -0.15) is 24.9 Å². The van der Waals surface area contributed by atoms with E-state index in [0.717, 1.165) is 82.5 Å². The average molecular weight is 913 g/mol. The number of hydrogen-bond acceptors (Lipinski definition) is 6. The minimum atomic E-state index is 0.771. The van der Waals surface area contributed by atoms with E-state index in [-0.39, 0.29) is 0 Å². The van der Waals surface area contributed by atoms with Crippen LogP contribution in [0.1, 0.15) is 55.6 Å². The van der Waals surface area contributed by atoms with Crippen LogP contribution in [0.5, 0.6) is 0 Å². The van der Waals surface area contributed by atoms with Crippen molar-refractivity contribution in [3.63, 3.8) is 0 Å². The van der Waals surface area contributed by atoms with Gasteiger partial charge in [-0.05, 0) is 158 Å². The lowest BCUT2D eigenvalue weighted by Crippen LogP contribution is -2.13. The first kappa shape index (κ1) is 46.2. The number of rotatable bonds is 18. The van der Waals surface area contributed by atoms with E-state index in [9.17, 15) is 0 Å². The third kappa shape index (κ3) is 11.1. The predicted octanol–water partition coefficient (Wildman–Crippen LogP) is 15.5. The van der Waals surface area contributed by atoms with E-state index < -0.39 is 0 Å². The first-order chi connectivity index (χ1) is 34.4. The molecule has 0 aliphatic heterocycles. The van der Waals surface area contributed by atoms with Gasteiger partial charge in [0.1, 0.15) is 5.69 Å². The normalized spacial score (nSPS) is 13.3. The third-order valence-electron chi connectivity index (χ3n) is 12.3. The molecule has 8 aromatic rings. The lowest BCUT2D eigenvalue weighted by molar-refractivity contribution is 0.736. The summed E-state index contributed by atoms with van der Waals surface area (Å²) in [5.41, 5.74) is 15.1. The monoisotopic (exact) mass is 912 g/mol. The van der Waals surface area contributed by atoms with Gasteiger partial charge in [-0.1, -0.05) is 134 Å². The summed E-state index contributed by atoms with van der Waals surface area (Å²) in [6, 6.07) is 51.1. The van der Waals surface area contributed by atoms with Gasteiger partial charge in [0.15, 0.2) is 0 Å². The molecule has 344 valence electrons. The van der Waals surface area contributed by atoms with E-state index in [1.807, 2.05) is 30.5 Å². The fourth-order valence-electron chi connectivity index (χ4n) is 8.48. The zero-order valence-electron chi connectivity index (χ0n) is 39.8. The second-order valence-electron chi connectivity index (χ2n) is 17.0.